The first-order chi connectivity index (χ1) is 21.4. The van der Waals surface area contributed by atoms with Crippen LogP contribution >= 0.6 is 23.2 Å². The molecule has 250 valence electrons. The number of benzene rings is 2. The van der Waals surface area contributed by atoms with Crippen molar-refractivity contribution in [2.75, 3.05) is 6.54 Å². The number of halogens is 2. The third-order valence-corrected chi connectivity index (χ3v) is 10.3. The zero-order chi connectivity index (χ0) is 34.0. The van der Waals surface area contributed by atoms with Crippen molar-refractivity contribution >= 4 is 47.0 Å². The molecule has 1 N–H and O–H groups in total. The fourth-order valence-corrected chi connectivity index (χ4v) is 7.04. The lowest BCUT2D eigenvalue weighted by Gasteiger charge is -2.43. The normalized spacial score (nSPS) is 23.1. The summed E-state index contributed by atoms with van der Waals surface area (Å²) < 4.78 is 11.4. The summed E-state index contributed by atoms with van der Waals surface area (Å²) in [6.45, 7) is 11.5. The molecule has 9 nitrogen and oxygen atoms in total. The maximum Gasteiger partial charge on any atom is 0.329 e. The lowest BCUT2D eigenvalue weighted by Crippen LogP contribution is -2.55. The molecule has 4 unspecified atom stereocenters. The first-order valence-electron chi connectivity index (χ1n) is 15.6. The molecule has 46 heavy (non-hydrogen) atoms. The maximum atomic E-state index is 14.1. The molecular weight excluding hydrogens is 631 g/mol. The average Bonchev–Trinajstić information content (AvgIpc) is 3.55. The number of aliphatic carboxylic acids is 1. The van der Waals surface area contributed by atoms with Gasteiger partial charge in [-0.1, -0.05) is 62.2 Å². The molecule has 4 rings (SSSR count). The Kier molecular flexibility index (Phi) is 10.7. The largest absolute Gasteiger partial charge is 0.548 e. The molecule has 2 fully saturated rings. The molecule has 11 heteroatoms. The molecule has 1 heterocycles. The molecule has 1 aliphatic heterocycles. The Morgan fingerprint density at radius 3 is 2.24 bits per heavy atom. The number of carbonyl (C=O) groups is 4. The second-order valence-corrected chi connectivity index (χ2v) is 14.9. The van der Waals surface area contributed by atoms with Gasteiger partial charge in [0.15, 0.2) is 0 Å². The Balaban J connectivity index is 1.40. The van der Waals surface area contributed by atoms with E-state index in [0.717, 1.165) is 0 Å². The number of hydrogen-bond acceptors (Lipinski definition) is 7. The van der Waals surface area contributed by atoms with Gasteiger partial charge in [-0.2, -0.15) is 0 Å². The third-order valence-electron chi connectivity index (χ3n) is 9.62. The highest BCUT2D eigenvalue weighted by atomic mass is 35.5. The monoisotopic (exact) mass is 673 g/mol. The first-order valence-corrected chi connectivity index (χ1v) is 16.4. The van der Waals surface area contributed by atoms with Crippen molar-refractivity contribution in [1.82, 2.24) is 10.2 Å². The van der Waals surface area contributed by atoms with E-state index in [-0.39, 0.29) is 18.9 Å². The van der Waals surface area contributed by atoms with E-state index < -0.39 is 52.3 Å². The Morgan fingerprint density at radius 1 is 1.02 bits per heavy atom. The molecule has 0 bridgehead atoms. The molecule has 2 aromatic carbocycles. The van der Waals surface area contributed by atoms with Crippen LogP contribution in [-0.4, -0.2) is 52.9 Å². The van der Waals surface area contributed by atoms with Gasteiger partial charge in [-0.25, -0.2) is 4.79 Å². The number of nitrogens with zero attached hydrogens (tertiary/aromatic N) is 1. The van der Waals surface area contributed by atoms with Gasteiger partial charge in [0.05, 0.1) is 17.4 Å². The number of amides is 2. The minimum absolute atomic E-state index is 0.000607. The van der Waals surface area contributed by atoms with Gasteiger partial charge in [0.25, 0.3) is 0 Å². The number of esters is 1. The SMILES string of the molecule is CC(C)(C)OC(=O)C1CCCN1C(=O)C1(C)CCC(C(=O)NC(Cc2ccc(OCc3c(Cl)cccc3Cl)cc2)C(=O)[O-])C1(C)C. The van der Waals surface area contributed by atoms with Crippen LogP contribution in [0.25, 0.3) is 0 Å². The third kappa shape index (κ3) is 7.63. The number of carbonyl (C=O) groups excluding carboxylic acids is 4. The van der Waals surface area contributed by atoms with E-state index in [1.54, 1.807) is 68.1 Å². The van der Waals surface area contributed by atoms with Crippen LogP contribution in [0.1, 0.15) is 78.4 Å². The summed E-state index contributed by atoms with van der Waals surface area (Å²) in [7, 11) is 0. The van der Waals surface area contributed by atoms with Crippen LogP contribution in [0, 0.1) is 16.7 Å². The van der Waals surface area contributed by atoms with E-state index >= 15 is 0 Å². The fourth-order valence-electron chi connectivity index (χ4n) is 6.53. The predicted octanol–water partition coefficient (Wildman–Crippen LogP) is 5.12. The summed E-state index contributed by atoms with van der Waals surface area (Å²) >= 11 is 12.4. The van der Waals surface area contributed by atoms with E-state index in [4.69, 9.17) is 32.7 Å². The van der Waals surface area contributed by atoms with Gasteiger partial charge in [0, 0.05) is 28.1 Å². The Morgan fingerprint density at radius 2 is 1.65 bits per heavy atom. The number of carboxylic acids is 1. The molecule has 4 atom stereocenters. The van der Waals surface area contributed by atoms with Crippen molar-refractivity contribution < 1.29 is 33.8 Å². The predicted molar refractivity (Wildman–Crippen MR) is 173 cm³/mol. The number of rotatable bonds is 10. The van der Waals surface area contributed by atoms with E-state index in [0.29, 0.717) is 59.1 Å². The summed E-state index contributed by atoms with van der Waals surface area (Å²) in [5.74, 6) is -2.55. The van der Waals surface area contributed by atoms with Gasteiger partial charge in [0.2, 0.25) is 11.8 Å². The van der Waals surface area contributed by atoms with Gasteiger partial charge in [0.1, 0.15) is 24.0 Å². The number of likely N-dealkylation sites (tertiary alicyclic amines) is 1. The van der Waals surface area contributed by atoms with Crippen molar-refractivity contribution in [2.45, 2.75) is 97.9 Å². The zero-order valence-corrected chi connectivity index (χ0v) is 28.8. The smallest absolute Gasteiger partial charge is 0.329 e. The van der Waals surface area contributed by atoms with Gasteiger partial charge < -0.3 is 29.6 Å². The first kappa shape index (κ1) is 35.6. The maximum absolute atomic E-state index is 14.1. The molecule has 0 spiro atoms. The highest BCUT2D eigenvalue weighted by Gasteiger charge is 2.60. The quantitative estimate of drug-likeness (QED) is 0.347. The van der Waals surface area contributed by atoms with Crippen molar-refractivity contribution in [3.05, 3.63) is 63.6 Å². The van der Waals surface area contributed by atoms with Crippen LogP contribution in [0.5, 0.6) is 5.75 Å². The van der Waals surface area contributed by atoms with E-state index in [1.165, 1.54) is 0 Å². The van der Waals surface area contributed by atoms with Crippen LogP contribution in [0.15, 0.2) is 42.5 Å². The van der Waals surface area contributed by atoms with Crippen molar-refractivity contribution in [3.8, 4) is 5.75 Å². The second kappa shape index (κ2) is 13.8. The van der Waals surface area contributed by atoms with Gasteiger partial charge in [-0.3, -0.25) is 9.59 Å². The van der Waals surface area contributed by atoms with Crippen molar-refractivity contribution in [2.24, 2.45) is 16.7 Å². The van der Waals surface area contributed by atoms with E-state index in [2.05, 4.69) is 5.32 Å². The Hall–Kier alpha value is -3.30. The fraction of sp³-hybridized carbons (Fsp3) is 0.543. The summed E-state index contributed by atoms with van der Waals surface area (Å²) in [5.41, 5.74) is -1.13. The molecule has 2 aliphatic rings. The molecule has 2 aromatic rings. The van der Waals surface area contributed by atoms with Crippen LogP contribution in [0.4, 0.5) is 0 Å². The standard InChI is InChI=1S/C35H44Cl2N2O7/c1-33(2,3)46-31(43)28-11-8-18-39(28)32(44)35(6)17-16-24(34(35,4)5)29(40)38-27(30(41)42)19-21-12-14-22(15-13-21)45-20-23-25(36)9-7-10-26(23)37/h7,9-10,12-15,24,27-28H,8,11,16-20H2,1-6H3,(H,38,40)(H,41,42)/p-1. The van der Waals surface area contributed by atoms with E-state index in [1.807, 2.05) is 20.8 Å². The minimum atomic E-state index is -1.41. The Bertz CT molecular complexity index is 1450. The topological polar surface area (TPSA) is 125 Å². The lowest BCUT2D eigenvalue weighted by atomic mass is 9.64. The highest BCUT2D eigenvalue weighted by Crippen LogP contribution is 2.57. The lowest BCUT2D eigenvalue weighted by molar-refractivity contribution is -0.308. The molecule has 1 saturated heterocycles. The number of ether oxygens (including phenoxy) is 2. The Labute approximate surface area is 280 Å². The summed E-state index contributed by atoms with van der Waals surface area (Å²) in [5, 5.41) is 15.8. The number of carboxylic acid groups (broad SMARTS) is 1. The van der Waals surface area contributed by atoms with Crippen LogP contribution in [0.2, 0.25) is 10.0 Å². The minimum Gasteiger partial charge on any atom is -0.548 e. The summed E-state index contributed by atoms with van der Waals surface area (Å²) in [6.07, 6.45) is 2.03. The molecule has 0 radical (unpaired) electrons. The summed E-state index contributed by atoms with van der Waals surface area (Å²) in [6, 6.07) is 10.1. The van der Waals surface area contributed by atoms with Gasteiger partial charge in [-0.15, -0.1) is 0 Å². The van der Waals surface area contributed by atoms with Gasteiger partial charge >= 0.3 is 5.97 Å². The van der Waals surface area contributed by atoms with Crippen LogP contribution in [-0.2, 0) is 36.9 Å². The highest BCUT2D eigenvalue weighted by molar-refractivity contribution is 6.35. The van der Waals surface area contributed by atoms with E-state index in [9.17, 15) is 24.3 Å². The molecule has 1 aliphatic carbocycles. The molecule has 1 saturated carbocycles. The van der Waals surface area contributed by atoms with Crippen molar-refractivity contribution in [3.63, 3.8) is 0 Å². The second-order valence-electron chi connectivity index (χ2n) is 14.1. The summed E-state index contributed by atoms with van der Waals surface area (Å²) in [4.78, 5) is 54.3. The van der Waals surface area contributed by atoms with Gasteiger partial charge in [-0.05, 0) is 88.1 Å². The number of hydrogen-bond donors (Lipinski definition) is 1. The average molecular weight is 675 g/mol. The van der Waals surface area contributed by atoms with Crippen LogP contribution < -0.4 is 15.2 Å². The molecule has 0 aromatic heterocycles. The van der Waals surface area contributed by atoms with Crippen LogP contribution in [0.3, 0.4) is 0 Å². The zero-order valence-electron chi connectivity index (χ0n) is 27.3. The molecular formula is C35H43Cl2N2O7-. The number of nitrogens with one attached hydrogen (secondary N) is 1. The molecule has 2 amide bonds. The van der Waals surface area contributed by atoms with Crippen molar-refractivity contribution in [1.29, 1.82) is 0 Å².